The number of amides is 1. The van der Waals surface area contributed by atoms with Crippen molar-refractivity contribution in [3.8, 4) is 6.07 Å². The molecule has 2 unspecified atom stereocenters. The molecule has 2 N–H and O–H groups in total. The number of esters is 1. The van der Waals surface area contributed by atoms with Crippen LogP contribution in [-0.2, 0) is 14.3 Å². The average Bonchev–Trinajstić information content (AvgIpc) is 3.08. The zero-order valence-electron chi connectivity index (χ0n) is 17.1. The quantitative estimate of drug-likeness (QED) is 0.270. The van der Waals surface area contributed by atoms with Gasteiger partial charge in [-0.3, -0.25) is 0 Å². The van der Waals surface area contributed by atoms with Crippen LogP contribution in [0.4, 0.5) is 4.79 Å². The lowest BCUT2D eigenvalue weighted by atomic mass is 10.00. The standard InChI is InChI=1S/C20H29N3O6/c1-3-4-5-6-7-8-9-10-11-12-20(18(26)29-15(2)13-21)22-14-16(17(24)25)23(20)19(27)28/h14-15H,3-12H2,1-2H3,(H-,24,25,27,28)/p+1. The highest BCUT2D eigenvalue weighted by Crippen LogP contribution is 2.28. The monoisotopic (exact) mass is 408 g/mol. The number of carbonyl (C=O) groups excluding carboxylic acids is 1. The van der Waals surface area contributed by atoms with Gasteiger partial charge in [0.25, 0.3) is 0 Å². The Morgan fingerprint density at radius 2 is 1.69 bits per heavy atom. The fourth-order valence-electron chi connectivity index (χ4n) is 3.28. The Morgan fingerprint density at radius 3 is 2.17 bits per heavy atom. The molecule has 0 bridgehead atoms. The summed E-state index contributed by atoms with van der Waals surface area (Å²) in [6.07, 6.45) is 7.29. The van der Waals surface area contributed by atoms with Gasteiger partial charge in [0, 0.05) is 6.42 Å². The summed E-state index contributed by atoms with van der Waals surface area (Å²) in [6.45, 7) is 3.51. The van der Waals surface area contributed by atoms with E-state index in [0.717, 1.165) is 31.9 Å². The van der Waals surface area contributed by atoms with Gasteiger partial charge in [-0.1, -0.05) is 62.9 Å². The van der Waals surface area contributed by atoms with Crippen LogP contribution in [0.25, 0.3) is 0 Å². The van der Waals surface area contributed by atoms with Crippen LogP contribution < -0.4 is 0 Å². The van der Waals surface area contributed by atoms with Crippen molar-refractivity contribution in [3.05, 3.63) is 0 Å². The SMILES string of the molecule is CCCCCCCCCCCC1(C(=O)OC(C)C#N)N=CC(C(=O)O)=[N+]1C(=O)O. The summed E-state index contributed by atoms with van der Waals surface area (Å²) < 4.78 is 5.44. The van der Waals surface area contributed by atoms with Gasteiger partial charge in [-0.15, -0.1) is 0 Å². The molecule has 0 aliphatic carbocycles. The van der Waals surface area contributed by atoms with Crippen LogP contribution in [-0.4, -0.2) is 56.5 Å². The summed E-state index contributed by atoms with van der Waals surface area (Å²) in [7, 11) is 0. The predicted octanol–water partition coefficient (Wildman–Crippen LogP) is 3.36. The molecule has 1 rings (SSSR count). The molecule has 29 heavy (non-hydrogen) atoms. The summed E-state index contributed by atoms with van der Waals surface area (Å²) in [5.41, 5.74) is -2.62. The highest BCUT2D eigenvalue weighted by molar-refractivity contribution is 6.58. The van der Waals surface area contributed by atoms with Gasteiger partial charge in [0.15, 0.2) is 6.10 Å². The van der Waals surface area contributed by atoms with Crippen molar-refractivity contribution < 1.29 is 33.9 Å². The number of aliphatic imine (C=N–C) groups is 1. The first kappa shape index (κ1) is 24.3. The summed E-state index contributed by atoms with van der Waals surface area (Å²) in [5, 5.41) is 27.7. The number of hydrogen-bond acceptors (Lipinski definition) is 6. The van der Waals surface area contributed by atoms with Gasteiger partial charge in [-0.05, 0) is 13.3 Å². The first-order chi connectivity index (χ1) is 13.8. The minimum atomic E-state index is -2.01. The third-order valence-corrected chi connectivity index (χ3v) is 4.84. The Hall–Kier alpha value is -2.76. The number of rotatable bonds is 13. The minimum Gasteiger partial charge on any atom is -0.473 e. The van der Waals surface area contributed by atoms with E-state index in [0.29, 0.717) is 11.0 Å². The van der Waals surface area contributed by atoms with E-state index in [1.807, 2.05) is 0 Å². The number of carboxylic acid groups (broad SMARTS) is 2. The smallest absolute Gasteiger partial charge is 0.473 e. The number of nitriles is 1. The van der Waals surface area contributed by atoms with Crippen molar-refractivity contribution in [2.45, 2.75) is 89.8 Å². The fourth-order valence-corrected chi connectivity index (χ4v) is 3.28. The van der Waals surface area contributed by atoms with Crippen LogP contribution in [0.5, 0.6) is 0 Å². The Bertz CT molecular complexity index is 709. The van der Waals surface area contributed by atoms with Crippen LogP contribution in [0.15, 0.2) is 4.99 Å². The zero-order chi connectivity index (χ0) is 21.9. The largest absolute Gasteiger partial charge is 0.597 e. The van der Waals surface area contributed by atoms with E-state index in [2.05, 4.69) is 11.9 Å². The summed E-state index contributed by atoms with van der Waals surface area (Å²) in [5.74, 6) is -2.55. The first-order valence-corrected chi connectivity index (χ1v) is 10.1. The number of ether oxygens (including phenoxy) is 1. The highest BCUT2D eigenvalue weighted by Gasteiger charge is 2.60. The Labute approximate surface area is 170 Å². The molecule has 0 aromatic rings. The normalized spacial score (nSPS) is 19.1. The van der Waals surface area contributed by atoms with E-state index in [-0.39, 0.29) is 6.42 Å². The van der Waals surface area contributed by atoms with Gasteiger partial charge >= 0.3 is 29.4 Å². The minimum absolute atomic E-state index is 0.0145. The van der Waals surface area contributed by atoms with Gasteiger partial charge in [0.1, 0.15) is 12.3 Å². The van der Waals surface area contributed by atoms with Crippen LogP contribution in [0.3, 0.4) is 0 Å². The number of carbonyl (C=O) groups is 3. The van der Waals surface area contributed by atoms with Crippen molar-refractivity contribution >= 4 is 30.0 Å². The van der Waals surface area contributed by atoms with Gasteiger partial charge in [0.2, 0.25) is 0 Å². The molecule has 1 aliphatic heterocycles. The van der Waals surface area contributed by atoms with Crippen molar-refractivity contribution in [2.75, 3.05) is 0 Å². The third kappa shape index (κ3) is 6.66. The molecular formula is C20H30N3O6+. The maximum absolute atomic E-state index is 12.7. The lowest BCUT2D eigenvalue weighted by molar-refractivity contribution is -0.514. The maximum atomic E-state index is 12.7. The van der Waals surface area contributed by atoms with Crippen LogP contribution in [0.1, 0.15) is 78.1 Å². The molecule has 1 amide bonds. The number of carboxylic acids is 1. The molecule has 0 fully saturated rings. The molecule has 9 heteroatoms. The van der Waals surface area contributed by atoms with E-state index in [9.17, 15) is 24.6 Å². The molecule has 1 heterocycles. The molecule has 0 saturated carbocycles. The van der Waals surface area contributed by atoms with Crippen molar-refractivity contribution in [1.82, 2.24) is 0 Å². The molecule has 9 nitrogen and oxygen atoms in total. The van der Waals surface area contributed by atoms with Crippen molar-refractivity contribution in [2.24, 2.45) is 4.99 Å². The molecule has 0 saturated heterocycles. The third-order valence-electron chi connectivity index (χ3n) is 4.84. The zero-order valence-corrected chi connectivity index (χ0v) is 17.1. The number of nitrogens with zero attached hydrogens (tertiary/aromatic N) is 3. The second kappa shape index (κ2) is 11.9. The molecule has 1 aliphatic rings. The number of hydrogen-bond donors (Lipinski definition) is 2. The summed E-state index contributed by atoms with van der Waals surface area (Å²) in [4.78, 5) is 39.8. The van der Waals surface area contributed by atoms with E-state index >= 15 is 0 Å². The summed E-state index contributed by atoms with van der Waals surface area (Å²) in [6, 6.07) is 1.74. The van der Waals surface area contributed by atoms with E-state index < -0.39 is 35.5 Å². The topological polar surface area (TPSA) is 140 Å². The molecule has 2 atom stereocenters. The van der Waals surface area contributed by atoms with Crippen LogP contribution in [0.2, 0.25) is 0 Å². The lowest BCUT2D eigenvalue weighted by Crippen LogP contribution is -2.52. The van der Waals surface area contributed by atoms with Gasteiger partial charge in [-0.25, -0.2) is 14.6 Å². The maximum Gasteiger partial charge on any atom is 0.597 e. The Balaban J connectivity index is 2.83. The van der Waals surface area contributed by atoms with Crippen molar-refractivity contribution in [3.63, 3.8) is 0 Å². The molecule has 160 valence electrons. The highest BCUT2D eigenvalue weighted by atomic mass is 16.5. The Kier molecular flexibility index (Phi) is 10.00. The lowest BCUT2D eigenvalue weighted by Gasteiger charge is -2.20. The first-order valence-electron chi connectivity index (χ1n) is 10.1. The molecule has 0 radical (unpaired) electrons. The number of aliphatic carboxylic acids is 1. The van der Waals surface area contributed by atoms with E-state index in [4.69, 9.17) is 10.00 Å². The molecule has 0 aromatic carbocycles. The fraction of sp³-hybridized carbons (Fsp3) is 0.700. The van der Waals surface area contributed by atoms with Gasteiger partial charge in [0.05, 0.1) is 0 Å². The van der Waals surface area contributed by atoms with E-state index in [1.54, 1.807) is 6.07 Å². The van der Waals surface area contributed by atoms with Gasteiger partial charge in [-0.2, -0.15) is 10.1 Å². The van der Waals surface area contributed by atoms with Gasteiger partial charge < -0.3 is 14.9 Å². The average molecular weight is 408 g/mol. The predicted molar refractivity (Wildman–Crippen MR) is 105 cm³/mol. The van der Waals surface area contributed by atoms with E-state index in [1.165, 1.54) is 32.6 Å². The molecular weight excluding hydrogens is 378 g/mol. The second-order valence-electron chi connectivity index (χ2n) is 7.14. The number of unbranched alkanes of at least 4 members (excludes halogenated alkanes) is 8. The second-order valence-corrected chi connectivity index (χ2v) is 7.14. The molecule has 0 spiro atoms. The molecule has 0 aromatic heterocycles. The van der Waals surface area contributed by atoms with Crippen molar-refractivity contribution in [1.29, 1.82) is 5.26 Å². The van der Waals surface area contributed by atoms with Crippen LogP contribution >= 0.6 is 0 Å². The summed E-state index contributed by atoms with van der Waals surface area (Å²) >= 11 is 0. The Morgan fingerprint density at radius 1 is 1.14 bits per heavy atom. The van der Waals surface area contributed by atoms with Crippen LogP contribution in [0, 0.1) is 11.3 Å².